The molecule has 0 aliphatic carbocycles. The Labute approximate surface area is 141 Å². The summed E-state index contributed by atoms with van der Waals surface area (Å²) in [5.74, 6) is -0.411. The highest BCUT2D eigenvalue weighted by Gasteiger charge is 2.09. The van der Waals surface area contributed by atoms with Gasteiger partial charge >= 0.3 is 5.97 Å². The van der Waals surface area contributed by atoms with Gasteiger partial charge in [0.1, 0.15) is 0 Å². The average Bonchev–Trinajstić information content (AvgIpc) is 2.70. The molecule has 0 bridgehead atoms. The zero-order valence-corrected chi connectivity index (χ0v) is 13.9. The molecule has 0 amide bonds. The van der Waals surface area contributed by atoms with Crippen LogP contribution >= 0.6 is 0 Å². The van der Waals surface area contributed by atoms with Crippen molar-refractivity contribution in [3.63, 3.8) is 0 Å². The molecule has 3 heterocycles. The molecule has 0 N–H and O–H groups in total. The van der Waals surface area contributed by atoms with Gasteiger partial charge in [0.05, 0.1) is 12.7 Å². The quantitative estimate of drug-likeness (QED) is 0.682. The van der Waals surface area contributed by atoms with Gasteiger partial charge in [0.15, 0.2) is 0 Å². The third kappa shape index (κ3) is 4.01. The Morgan fingerprint density at radius 2 is 1.42 bits per heavy atom. The van der Waals surface area contributed by atoms with Crippen molar-refractivity contribution in [2.24, 2.45) is 0 Å². The molecule has 0 atom stereocenters. The smallest absolute Gasteiger partial charge is 0.339 e. The molecule has 3 aromatic rings. The largest absolute Gasteiger partial charge is 0.465 e. The number of methoxy groups -OCH3 is 1. The van der Waals surface area contributed by atoms with Crippen LogP contribution in [-0.4, -0.2) is 28.0 Å². The summed E-state index contributed by atoms with van der Waals surface area (Å²) in [6, 6.07) is 7.57. The van der Waals surface area contributed by atoms with Crippen molar-refractivity contribution in [3.05, 3.63) is 67.0 Å². The highest BCUT2D eigenvalue weighted by Crippen LogP contribution is 2.24. The van der Waals surface area contributed by atoms with Gasteiger partial charge in [-0.1, -0.05) is 19.9 Å². The normalized spacial score (nSPS) is 9.62. The van der Waals surface area contributed by atoms with E-state index in [9.17, 15) is 4.79 Å². The van der Waals surface area contributed by atoms with Gasteiger partial charge < -0.3 is 4.74 Å². The first kappa shape index (κ1) is 17.3. The number of hydrogen-bond acceptors (Lipinski definition) is 5. The summed E-state index contributed by atoms with van der Waals surface area (Å²) in [6.07, 6.45) is 10.2. The third-order valence-electron chi connectivity index (χ3n) is 3.23. The van der Waals surface area contributed by atoms with Crippen molar-refractivity contribution >= 4 is 5.97 Å². The maximum atomic E-state index is 11.6. The second-order valence-electron chi connectivity index (χ2n) is 4.66. The first-order valence-corrected chi connectivity index (χ1v) is 7.67. The monoisotopic (exact) mass is 321 g/mol. The number of pyridine rings is 3. The second-order valence-corrected chi connectivity index (χ2v) is 4.66. The van der Waals surface area contributed by atoms with Crippen LogP contribution in [0.3, 0.4) is 0 Å². The fourth-order valence-corrected chi connectivity index (χ4v) is 2.12. The summed E-state index contributed by atoms with van der Waals surface area (Å²) in [6.45, 7) is 4.00. The topological polar surface area (TPSA) is 65.0 Å². The summed E-state index contributed by atoms with van der Waals surface area (Å²) in [5, 5.41) is 0. The van der Waals surface area contributed by atoms with Crippen LogP contribution in [0.25, 0.3) is 22.3 Å². The molecule has 0 radical (unpaired) electrons. The van der Waals surface area contributed by atoms with Gasteiger partial charge in [-0.05, 0) is 18.2 Å². The summed E-state index contributed by atoms with van der Waals surface area (Å²) >= 11 is 0. The molecule has 0 spiro atoms. The van der Waals surface area contributed by atoms with Crippen molar-refractivity contribution in [1.82, 2.24) is 15.0 Å². The summed E-state index contributed by atoms with van der Waals surface area (Å²) in [4.78, 5) is 24.1. The molecule has 0 aliphatic rings. The standard InChI is InChI=1S/C17H13N3O2.C2H6/c1-22-17(21)16-6-15(10-20-11-16)14-5-13(8-19-9-14)12-3-2-4-18-7-12;1-2/h2-11H,1H3;1-2H3. The Kier molecular flexibility index (Phi) is 6.14. The number of rotatable bonds is 3. The van der Waals surface area contributed by atoms with E-state index < -0.39 is 5.97 Å². The number of hydrogen-bond donors (Lipinski definition) is 0. The maximum Gasteiger partial charge on any atom is 0.339 e. The highest BCUT2D eigenvalue weighted by molar-refractivity contribution is 5.90. The van der Waals surface area contributed by atoms with Crippen LogP contribution in [-0.2, 0) is 4.74 Å². The van der Waals surface area contributed by atoms with Gasteiger partial charge in [-0.25, -0.2) is 4.79 Å². The highest BCUT2D eigenvalue weighted by atomic mass is 16.5. The van der Waals surface area contributed by atoms with Gasteiger partial charge in [0, 0.05) is 59.4 Å². The zero-order chi connectivity index (χ0) is 17.4. The van der Waals surface area contributed by atoms with Crippen molar-refractivity contribution in [1.29, 1.82) is 0 Å². The molecule has 0 fully saturated rings. The van der Waals surface area contributed by atoms with Gasteiger partial charge in [-0.15, -0.1) is 0 Å². The molecule has 0 saturated heterocycles. The number of esters is 1. The van der Waals surface area contributed by atoms with E-state index in [-0.39, 0.29) is 0 Å². The second kappa shape index (κ2) is 8.53. The Morgan fingerprint density at radius 1 is 0.833 bits per heavy atom. The molecule has 0 unspecified atom stereocenters. The number of aromatic nitrogens is 3. The fraction of sp³-hybridized carbons (Fsp3) is 0.158. The third-order valence-corrected chi connectivity index (χ3v) is 3.23. The Balaban J connectivity index is 0.00000100. The van der Waals surface area contributed by atoms with Crippen LogP contribution in [0.1, 0.15) is 24.2 Å². The van der Waals surface area contributed by atoms with E-state index >= 15 is 0 Å². The Bertz CT molecular complexity index is 804. The lowest BCUT2D eigenvalue weighted by Gasteiger charge is -2.06. The summed E-state index contributed by atoms with van der Waals surface area (Å²) in [7, 11) is 1.35. The molecule has 0 aromatic carbocycles. The van der Waals surface area contributed by atoms with Gasteiger partial charge in [0.2, 0.25) is 0 Å². The van der Waals surface area contributed by atoms with E-state index in [4.69, 9.17) is 4.74 Å². The number of ether oxygens (including phenoxy) is 1. The lowest BCUT2D eigenvalue weighted by Crippen LogP contribution is -2.01. The van der Waals surface area contributed by atoms with Crippen LogP contribution in [0.4, 0.5) is 0 Å². The fourth-order valence-electron chi connectivity index (χ4n) is 2.12. The molecular formula is C19H19N3O2. The van der Waals surface area contributed by atoms with Crippen LogP contribution in [0, 0.1) is 0 Å². The predicted octanol–water partition coefficient (Wildman–Crippen LogP) is 4.02. The minimum Gasteiger partial charge on any atom is -0.465 e. The van der Waals surface area contributed by atoms with Crippen LogP contribution in [0.2, 0.25) is 0 Å². The minimum absolute atomic E-state index is 0.409. The van der Waals surface area contributed by atoms with Gasteiger partial charge in [-0.3, -0.25) is 15.0 Å². The van der Waals surface area contributed by atoms with Gasteiger partial charge in [0.25, 0.3) is 0 Å². The van der Waals surface area contributed by atoms with Crippen molar-refractivity contribution in [2.45, 2.75) is 13.8 Å². The zero-order valence-electron chi connectivity index (χ0n) is 13.9. The van der Waals surface area contributed by atoms with E-state index in [1.165, 1.54) is 13.3 Å². The number of carbonyl (C=O) groups is 1. The van der Waals surface area contributed by atoms with Crippen molar-refractivity contribution in [2.75, 3.05) is 7.11 Å². The molecule has 3 aromatic heterocycles. The van der Waals surface area contributed by atoms with E-state index in [0.29, 0.717) is 5.56 Å². The van der Waals surface area contributed by atoms with E-state index in [0.717, 1.165) is 22.3 Å². The molecular weight excluding hydrogens is 302 g/mol. The van der Waals surface area contributed by atoms with Crippen molar-refractivity contribution in [3.8, 4) is 22.3 Å². The van der Waals surface area contributed by atoms with Crippen LogP contribution in [0.15, 0.2) is 61.4 Å². The molecule has 122 valence electrons. The first-order chi connectivity index (χ1) is 11.8. The Morgan fingerprint density at radius 3 is 2.04 bits per heavy atom. The number of carbonyl (C=O) groups excluding carboxylic acids is 1. The Hall–Kier alpha value is -3.08. The molecule has 0 aliphatic heterocycles. The first-order valence-electron chi connectivity index (χ1n) is 7.67. The van der Waals surface area contributed by atoms with E-state index in [1.54, 1.807) is 37.1 Å². The van der Waals surface area contributed by atoms with Gasteiger partial charge in [-0.2, -0.15) is 0 Å². The van der Waals surface area contributed by atoms with Crippen LogP contribution in [0.5, 0.6) is 0 Å². The number of nitrogens with zero attached hydrogens (tertiary/aromatic N) is 3. The molecule has 0 saturated carbocycles. The molecule has 24 heavy (non-hydrogen) atoms. The summed E-state index contributed by atoms with van der Waals surface area (Å²) < 4.78 is 4.72. The van der Waals surface area contributed by atoms with E-state index in [2.05, 4.69) is 15.0 Å². The molecule has 3 rings (SSSR count). The lowest BCUT2D eigenvalue weighted by molar-refractivity contribution is 0.0600. The SMILES string of the molecule is CC.COC(=O)c1cncc(-c2cncc(-c3cccnc3)c2)c1. The lowest BCUT2D eigenvalue weighted by atomic mass is 10.0. The minimum atomic E-state index is -0.411. The van der Waals surface area contributed by atoms with E-state index in [1.807, 2.05) is 32.0 Å². The predicted molar refractivity (Wildman–Crippen MR) is 93.4 cm³/mol. The molecule has 5 nitrogen and oxygen atoms in total. The van der Waals surface area contributed by atoms with Crippen molar-refractivity contribution < 1.29 is 9.53 Å². The van der Waals surface area contributed by atoms with Crippen LogP contribution < -0.4 is 0 Å². The maximum absolute atomic E-state index is 11.6. The average molecular weight is 321 g/mol. The molecule has 5 heteroatoms. The summed E-state index contributed by atoms with van der Waals surface area (Å²) in [5.41, 5.74) is 4.02.